The summed E-state index contributed by atoms with van der Waals surface area (Å²) >= 11 is 1.73. The van der Waals surface area contributed by atoms with E-state index in [0.717, 1.165) is 109 Å². The molecule has 6 amide bonds. The zero-order valence-electron chi connectivity index (χ0n) is 102. The van der Waals surface area contributed by atoms with Crippen LogP contribution >= 0.6 is 11.8 Å². The van der Waals surface area contributed by atoms with E-state index in [1.165, 1.54) is 141 Å². The van der Waals surface area contributed by atoms with Crippen LogP contribution in [0.2, 0.25) is 0 Å². The van der Waals surface area contributed by atoms with Gasteiger partial charge in [0.15, 0.2) is 0 Å². The van der Waals surface area contributed by atoms with Crippen molar-refractivity contribution >= 4 is 47.2 Å². The predicted octanol–water partition coefficient (Wildman–Crippen LogP) is 32.3. The molecule has 0 aromatic carbocycles. The Labute approximate surface area is 874 Å². The molecule has 0 aromatic heterocycles. The fraction of sp³-hybridized carbons (Fsp3) is 0.919. The quantitative estimate of drug-likeness (QED) is 0.0518. The minimum absolute atomic E-state index is 0.000637. The van der Waals surface area contributed by atoms with Crippen molar-refractivity contribution in [3.05, 3.63) is 22.7 Å². The van der Waals surface area contributed by atoms with E-state index in [1.807, 2.05) is 14.7 Å². The number of nitrogens with one attached hydrogen (secondary N) is 1. The van der Waals surface area contributed by atoms with E-state index in [9.17, 15) is 39.0 Å². The summed E-state index contributed by atoms with van der Waals surface area (Å²) in [7, 11) is 0. The number of aliphatic hydroxyl groups excluding tert-OH is 1. The molecule has 0 spiro atoms. The molecular formula is C124H239N7O8S. The summed E-state index contributed by atoms with van der Waals surface area (Å²) in [5, 5.41) is 26.0. The Bertz CT molecular complexity index is 3390. The number of unbranched alkanes of at least 4 members (excludes halogenated alkanes) is 7. The molecule has 6 saturated heterocycles. The lowest BCUT2D eigenvalue weighted by molar-refractivity contribution is -0.160. The molecule has 7 aliphatic heterocycles. The molecule has 824 valence electrons. The highest BCUT2D eigenvalue weighted by molar-refractivity contribution is 8.06. The first-order valence-electron chi connectivity index (χ1n) is 56.8. The lowest BCUT2D eigenvalue weighted by atomic mass is 9.74. The minimum atomic E-state index is -0.676. The highest BCUT2D eigenvalue weighted by Gasteiger charge is 2.47. The molecule has 140 heavy (non-hydrogen) atoms. The number of nitrogens with zero attached hydrogens (tertiary/aromatic N) is 6. The van der Waals surface area contributed by atoms with Crippen LogP contribution < -0.4 is 5.32 Å². The van der Waals surface area contributed by atoms with Gasteiger partial charge < -0.3 is 44.9 Å². The molecule has 16 heteroatoms. The number of hydrogen-bond donors (Lipinski definition) is 3. The molecule has 7 rings (SSSR count). The number of carbonyl (C=O) groups excluding carboxylic acids is 6. The Morgan fingerprint density at radius 3 is 0.693 bits per heavy atom. The van der Waals surface area contributed by atoms with Crippen LogP contribution in [0.5, 0.6) is 0 Å². The van der Waals surface area contributed by atoms with Crippen LogP contribution in [0.25, 0.3) is 0 Å². The fourth-order valence-electron chi connectivity index (χ4n) is 20.5. The van der Waals surface area contributed by atoms with Crippen molar-refractivity contribution in [2.24, 2.45) is 134 Å². The number of carbonyl (C=O) groups is 6. The largest absolute Gasteiger partial charge is 0.389 e. The van der Waals surface area contributed by atoms with Gasteiger partial charge in [-0.2, -0.15) is 0 Å². The number of β-amino-alcohol motifs (C(OH)–C–C–N with tert-alkyl or cyclic N) is 2. The zero-order valence-corrected chi connectivity index (χ0v) is 103. The average molecular weight is 1990 g/mol. The van der Waals surface area contributed by atoms with Crippen molar-refractivity contribution in [1.82, 2.24) is 34.7 Å². The van der Waals surface area contributed by atoms with Crippen molar-refractivity contribution in [3.8, 4) is 0 Å². The summed E-state index contributed by atoms with van der Waals surface area (Å²) in [5.74, 6) is 4.93. The summed E-state index contributed by atoms with van der Waals surface area (Å²) in [4.78, 5) is 87.6. The number of rotatable bonds is 35. The standard InChI is InChI=1S/C19H37NO.C18H35NO2.2C18H35NO.C17H33NO2.C17H33NO.C17H31NS/c1-17(2,3)12-10-9-11-15(18(4,5)6)16(21)20-13-19(7,8)14-20;1-16(2,3)11-9-8-10-14(17(4,5)6)15(20)19-12-18(7,21)13-19;2*1-14-12-19(13-14)16(20)15(18(5,6)7)10-8-9-11-17(2,3)4;1-16(2,3)10-8-7-9-14(17(4,5)6)15(20)18-11-13(19)12-18;1-16(2,3)11-8-7-10-14(17(4,5)6)15(19)18-12-9-13-18;1-13-18-15(12-19-13)14(17(5,6)7)10-8-9-11-16(2,3)4/h15H,9-14H2,1-8H3;14,21H,8-13H2,1-7H3;2*14-15H,8-13H2,1-7H3;13-14,19H,7-12H2,1-6H3;14H,7-13H2,1-6H3;12,14,18H,1,8-11H2,2-7H3. The summed E-state index contributed by atoms with van der Waals surface area (Å²) in [5.41, 5.74) is 4.50. The maximum absolute atomic E-state index is 12.8. The molecular weight excluding hydrogens is 1750 g/mol. The Balaban J connectivity index is 0.000000817. The first kappa shape index (κ1) is 134. The normalized spacial score (nSPS) is 19.0. The van der Waals surface area contributed by atoms with E-state index in [2.05, 4.69) is 350 Å². The Hall–Kier alpha value is -3.63. The topological polar surface area (TPSA) is 174 Å². The first-order valence-corrected chi connectivity index (χ1v) is 57.7. The number of hydrogen-bond acceptors (Lipinski definition) is 10. The second kappa shape index (κ2) is 56.3. The third-order valence-corrected chi connectivity index (χ3v) is 30.6. The summed E-state index contributed by atoms with van der Waals surface area (Å²) in [6.07, 6.45) is 33.8. The SMILES string of the molecule is C=C1NC(C(CCCCC(C)(C)C)C(C)(C)C)=CS1.CC(C)(C)CCCCC(C(=O)N1CC(C)(C)C1)C(C)(C)C.CC(C)(C)CCCCC(C(=O)N1CC(C)(O)C1)C(C)(C)C.CC(C)(C)CCCCC(C(=O)N1CC(O)C1)C(C)(C)C.CC(C)(C)CCCCC(C(=O)N1CCC1)C(C)(C)C.CC1CN(C(=O)C(CCCCC(C)(C)C)C(C)(C)C)C1.CC1CN(C(=O)C(CCCCC(C)(C)C)C(C)(C)C)C1. The molecule has 7 unspecified atom stereocenters. The van der Waals surface area contributed by atoms with Gasteiger partial charge in [-0.3, -0.25) is 28.8 Å². The molecule has 0 aliphatic carbocycles. The van der Waals surface area contributed by atoms with Crippen LogP contribution in [0, 0.1) is 134 Å². The maximum atomic E-state index is 12.8. The fourth-order valence-corrected chi connectivity index (χ4v) is 21.2. The monoisotopic (exact) mass is 1990 g/mol. The lowest BCUT2D eigenvalue weighted by Gasteiger charge is -2.48. The van der Waals surface area contributed by atoms with Crippen molar-refractivity contribution in [3.63, 3.8) is 0 Å². The first-order chi connectivity index (χ1) is 62.9. The van der Waals surface area contributed by atoms with Gasteiger partial charge >= 0.3 is 0 Å². The van der Waals surface area contributed by atoms with E-state index in [1.54, 1.807) is 18.7 Å². The van der Waals surface area contributed by atoms with Crippen molar-refractivity contribution in [2.75, 3.05) is 78.5 Å². The van der Waals surface area contributed by atoms with Gasteiger partial charge in [0.25, 0.3) is 0 Å². The number of amides is 6. The van der Waals surface area contributed by atoms with Gasteiger partial charge in [0, 0.05) is 113 Å². The Morgan fingerprint density at radius 2 is 0.529 bits per heavy atom. The van der Waals surface area contributed by atoms with Gasteiger partial charge in [-0.15, -0.1) is 0 Å². The van der Waals surface area contributed by atoms with Gasteiger partial charge in [0.1, 0.15) is 0 Å². The summed E-state index contributed by atoms with van der Waals surface area (Å²) < 4.78 is 0. The molecule has 7 heterocycles. The molecule has 7 atom stereocenters. The molecule has 0 aromatic rings. The van der Waals surface area contributed by atoms with E-state index in [0.29, 0.717) is 116 Å². The second-order valence-electron chi connectivity index (χ2n) is 62.6. The van der Waals surface area contributed by atoms with E-state index in [4.69, 9.17) is 0 Å². The molecule has 0 saturated carbocycles. The smallest absolute Gasteiger partial charge is 0.226 e. The van der Waals surface area contributed by atoms with Gasteiger partial charge in [-0.25, -0.2) is 0 Å². The second-order valence-corrected chi connectivity index (χ2v) is 63.6. The van der Waals surface area contributed by atoms with Crippen molar-refractivity contribution in [2.45, 2.75) is 523 Å². The average Bonchev–Trinajstić information content (AvgIpc) is 0.856. The zero-order chi connectivity index (χ0) is 109. The third-order valence-electron chi connectivity index (χ3n) is 29.8. The van der Waals surface area contributed by atoms with Crippen LogP contribution in [-0.2, 0) is 28.8 Å². The number of likely N-dealkylation sites (tertiary alicyclic amines) is 6. The van der Waals surface area contributed by atoms with E-state index in [-0.39, 0.29) is 85.9 Å². The number of thioether (sulfide) groups is 1. The van der Waals surface area contributed by atoms with Crippen LogP contribution in [0.4, 0.5) is 0 Å². The molecule has 7 aliphatic rings. The summed E-state index contributed by atoms with van der Waals surface area (Å²) in [6, 6.07) is 0. The van der Waals surface area contributed by atoms with E-state index < -0.39 is 5.60 Å². The van der Waals surface area contributed by atoms with Crippen molar-refractivity contribution in [1.29, 1.82) is 0 Å². The van der Waals surface area contributed by atoms with Gasteiger partial charge in [-0.1, -0.05) is 427 Å². The van der Waals surface area contributed by atoms with Crippen LogP contribution in [-0.4, -0.2) is 165 Å². The van der Waals surface area contributed by atoms with Crippen LogP contribution in [0.3, 0.4) is 0 Å². The number of allylic oxidation sites excluding steroid dienone is 1. The van der Waals surface area contributed by atoms with Crippen LogP contribution in [0.1, 0.15) is 512 Å². The number of aliphatic hydroxyl groups is 2. The Kier molecular flexibility index (Phi) is 54.0. The molecule has 0 bridgehead atoms. The Morgan fingerprint density at radius 1 is 0.321 bits per heavy atom. The highest BCUT2D eigenvalue weighted by atomic mass is 32.2. The highest BCUT2D eigenvalue weighted by Crippen LogP contribution is 2.45. The van der Waals surface area contributed by atoms with Crippen molar-refractivity contribution < 1.29 is 39.0 Å². The molecule has 15 nitrogen and oxygen atoms in total. The maximum Gasteiger partial charge on any atom is 0.226 e. The van der Waals surface area contributed by atoms with Gasteiger partial charge in [0.05, 0.1) is 29.8 Å². The lowest BCUT2D eigenvalue weighted by Crippen LogP contribution is -2.63. The molecule has 6 fully saturated rings. The molecule has 3 N–H and O–H groups in total. The molecule has 0 radical (unpaired) electrons. The summed E-state index contributed by atoms with van der Waals surface area (Å²) in [6.45, 7) is 119. The van der Waals surface area contributed by atoms with Crippen LogP contribution in [0.15, 0.2) is 22.7 Å². The minimum Gasteiger partial charge on any atom is -0.389 e. The van der Waals surface area contributed by atoms with E-state index >= 15 is 0 Å². The predicted molar refractivity (Wildman–Crippen MR) is 607 cm³/mol. The van der Waals surface area contributed by atoms with Gasteiger partial charge in [0.2, 0.25) is 35.4 Å². The van der Waals surface area contributed by atoms with Gasteiger partial charge in [-0.05, 0) is 202 Å². The third kappa shape index (κ3) is 56.7.